The van der Waals surface area contributed by atoms with Gasteiger partial charge in [-0.1, -0.05) is 60.1 Å². The second kappa shape index (κ2) is 7.48. The number of hydrogen-bond donors (Lipinski definition) is 0. The zero-order chi connectivity index (χ0) is 16.2. The van der Waals surface area contributed by atoms with E-state index in [4.69, 9.17) is 11.6 Å². The van der Waals surface area contributed by atoms with Gasteiger partial charge in [0.05, 0.1) is 0 Å². The molecule has 0 amide bonds. The number of benzene rings is 3. The second-order valence-corrected chi connectivity index (χ2v) is 7.20. The second-order valence-electron chi connectivity index (χ2n) is 5.10. The van der Waals surface area contributed by atoms with Crippen LogP contribution in [-0.2, 0) is 0 Å². The topological polar surface area (TPSA) is 0 Å². The van der Waals surface area contributed by atoms with Crippen LogP contribution in [0.1, 0.15) is 0 Å². The third-order valence-electron chi connectivity index (χ3n) is 3.78. The van der Waals surface area contributed by atoms with Crippen molar-refractivity contribution in [3.8, 4) is 22.3 Å². The van der Waals surface area contributed by atoms with Crippen LogP contribution in [0.3, 0.4) is 0 Å². The van der Waals surface area contributed by atoms with Gasteiger partial charge in [-0.2, -0.15) is 0 Å². The number of hydrogen-bond acceptors (Lipinski definition) is 2. The Labute approximate surface area is 151 Å². The first-order valence-electron chi connectivity index (χ1n) is 7.31. The molecule has 3 heteroatoms. The van der Waals surface area contributed by atoms with Crippen LogP contribution in [0.4, 0.5) is 0 Å². The Balaban J connectivity index is 2.08. The molecule has 3 rings (SSSR count). The summed E-state index contributed by atoms with van der Waals surface area (Å²) >= 11 is 10.1. The Morgan fingerprint density at radius 3 is 1.83 bits per heavy atom. The van der Waals surface area contributed by atoms with Crippen molar-refractivity contribution in [2.24, 2.45) is 0 Å². The minimum atomic E-state index is 0.792. The smallest absolute Gasteiger partial charge is 0.0490 e. The molecule has 0 N–H and O–H groups in total. The van der Waals surface area contributed by atoms with Crippen LogP contribution >= 0.6 is 35.1 Å². The molecule has 0 unspecified atom stereocenters. The normalized spacial score (nSPS) is 10.7. The Morgan fingerprint density at radius 2 is 1.22 bits per heavy atom. The lowest BCUT2D eigenvalue weighted by Crippen LogP contribution is -1.86. The molecule has 0 atom stereocenters. The van der Waals surface area contributed by atoms with Crippen molar-refractivity contribution < 1.29 is 0 Å². The molecule has 0 nitrogen and oxygen atoms in total. The van der Waals surface area contributed by atoms with Crippen molar-refractivity contribution in [3.63, 3.8) is 0 Å². The zero-order valence-corrected chi connectivity index (χ0v) is 15.4. The van der Waals surface area contributed by atoms with Gasteiger partial charge in [0, 0.05) is 20.4 Å². The van der Waals surface area contributed by atoms with Crippen LogP contribution in [0.5, 0.6) is 0 Å². The Bertz CT molecular complexity index is 827. The summed E-state index contributed by atoms with van der Waals surface area (Å²) in [6.07, 6.45) is 4.19. The quantitative estimate of drug-likeness (QED) is 0.456. The van der Waals surface area contributed by atoms with Crippen LogP contribution in [0, 0.1) is 0 Å². The predicted octanol–water partition coefficient (Wildman–Crippen LogP) is 7.12. The molecule has 0 fully saturated rings. The summed E-state index contributed by atoms with van der Waals surface area (Å²) in [5, 5.41) is 0.792. The van der Waals surface area contributed by atoms with Crippen molar-refractivity contribution in [3.05, 3.63) is 71.8 Å². The van der Waals surface area contributed by atoms with Crippen molar-refractivity contribution in [2.45, 2.75) is 9.79 Å². The molecule has 23 heavy (non-hydrogen) atoms. The number of rotatable bonds is 4. The van der Waals surface area contributed by atoms with E-state index in [1.165, 1.54) is 20.9 Å². The Hall–Kier alpha value is -1.35. The van der Waals surface area contributed by atoms with E-state index in [-0.39, 0.29) is 0 Å². The fraction of sp³-hybridized carbons (Fsp3) is 0.100. The van der Waals surface area contributed by atoms with Crippen LogP contribution in [0.2, 0.25) is 5.02 Å². The molecular weight excluding hydrogens is 340 g/mol. The molecule has 0 aliphatic rings. The first-order valence-corrected chi connectivity index (χ1v) is 10.1. The van der Waals surface area contributed by atoms with Gasteiger partial charge in [0.15, 0.2) is 0 Å². The lowest BCUT2D eigenvalue weighted by Gasteiger charge is -2.12. The standard InChI is InChI=1S/C20H17ClS2/c1-22-19-9-5-3-7-15(19)14-11-12-16(18(21)13-14)17-8-4-6-10-20(17)23-2/h3-13H,1-2H3. The maximum atomic E-state index is 6.62. The summed E-state index contributed by atoms with van der Waals surface area (Å²) in [6, 6.07) is 23.2. The fourth-order valence-corrected chi connectivity index (χ4v) is 4.17. The largest absolute Gasteiger partial charge is 0.129 e. The first-order chi connectivity index (χ1) is 11.2. The van der Waals surface area contributed by atoms with Crippen LogP contribution in [0.15, 0.2) is 76.5 Å². The van der Waals surface area contributed by atoms with Crippen molar-refractivity contribution >= 4 is 35.1 Å². The maximum Gasteiger partial charge on any atom is 0.0490 e. The molecule has 0 radical (unpaired) electrons. The van der Waals surface area contributed by atoms with Gasteiger partial charge in [0.1, 0.15) is 0 Å². The summed E-state index contributed by atoms with van der Waals surface area (Å²) in [7, 11) is 0. The minimum Gasteiger partial charge on any atom is -0.129 e. The molecule has 3 aromatic carbocycles. The number of halogens is 1. The maximum absolute atomic E-state index is 6.62. The van der Waals surface area contributed by atoms with Crippen LogP contribution < -0.4 is 0 Å². The summed E-state index contributed by atoms with van der Waals surface area (Å²) in [4.78, 5) is 2.51. The summed E-state index contributed by atoms with van der Waals surface area (Å²) in [5.41, 5.74) is 4.66. The average Bonchev–Trinajstić information content (AvgIpc) is 2.61. The van der Waals surface area contributed by atoms with Crippen molar-refractivity contribution in [1.29, 1.82) is 0 Å². The molecule has 0 saturated heterocycles. The lowest BCUT2D eigenvalue weighted by atomic mass is 10.00. The van der Waals surface area contributed by atoms with E-state index in [2.05, 4.69) is 79.2 Å². The van der Waals surface area contributed by atoms with Gasteiger partial charge in [0.25, 0.3) is 0 Å². The molecular formula is C20H17ClS2. The average molecular weight is 357 g/mol. The van der Waals surface area contributed by atoms with E-state index >= 15 is 0 Å². The van der Waals surface area contributed by atoms with Crippen LogP contribution in [-0.4, -0.2) is 12.5 Å². The molecule has 0 aliphatic heterocycles. The monoisotopic (exact) mass is 356 g/mol. The minimum absolute atomic E-state index is 0.792. The molecule has 116 valence electrons. The van der Waals surface area contributed by atoms with E-state index in [1.807, 2.05) is 0 Å². The van der Waals surface area contributed by atoms with Gasteiger partial charge in [-0.15, -0.1) is 23.5 Å². The van der Waals surface area contributed by atoms with E-state index < -0.39 is 0 Å². The molecule has 0 bridgehead atoms. The molecule has 0 spiro atoms. The van der Waals surface area contributed by atoms with Crippen molar-refractivity contribution in [1.82, 2.24) is 0 Å². The molecule has 3 aromatic rings. The first kappa shape index (κ1) is 16.5. The lowest BCUT2D eigenvalue weighted by molar-refractivity contribution is 1.43. The number of thioether (sulfide) groups is 2. The Morgan fingerprint density at radius 1 is 0.652 bits per heavy atom. The van der Waals surface area contributed by atoms with E-state index in [9.17, 15) is 0 Å². The van der Waals surface area contributed by atoms with E-state index in [0.29, 0.717) is 0 Å². The zero-order valence-electron chi connectivity index (χ0n) is 13.0. The van der Waals surface area contributed by atoms with E-state index in [1.54, 1.807) is 23.5 Å². The summed E-state index contributed by atoms with van der Waals surface area (Å²) in [5.74, 6) is 0. The highest BCUT2D eigenvalue weighted by molar-refractivity contribution is 7.99. The molecule has 0 saturated carbocycles. The van der Waals surface area contributed by atoms with Gasteiger partial charge in [-0.25, -0.2) is 0 Å². The van der Waals surface area contributed by atoms with Gasteiger partial charge in [-0.05, 0) is 47.4 Å². The van der Waals surface area contributed by atoms with Crippen molar-refractivity contribution in [2.75, 3.05) is 12.5 Å². The summed E-state index contributed by atoms with van der Waals surface area (Å²) < 4.78 is 0. The SMILES string of the molecule is CSc1ccccc1-c1ccc(-c2ccccc2SC)c(Cl)c1. The third-order valence-corrected chi connectivity index (χ3v) is 5.69. The van der Waals surface area contributed by atoms with Crippen LogP contribution in [0.25, 0.3) is 22.3 Å². The van der Waals surface area contributed by atoms with Gasteiger partial charge in [0.2, 0.25) is 0 Å². The third kappa shape index (κ3) is 3.45. The Kier molecular flexibility index (Phi) is 5.37. The highest BCUT2D eigenvalue weighted by Crippen LogP contribution is 2.38. The molecule has 0 aromatic heterocycles. The van der Waals surface area contributed by atoms with Gasteiger partial charge < -0.3 is 0 Å². The highest BCUT2D eigenvalue weighted by Gasteiger charge is 2.10. The molecule has 0 aliphatic carbocycles. The van der Waals surface area contributed by atoms with E-state index in [0.717, 1.165) is 16.1 Å². The van der Waals surface area contributed by atoms with Gasteiger partial charge >= 0.3 is 0 Å². The predicted molar refractivity (Wildman–Crippen MR) is 106 cm³/mol. The molecule has 0 heterocycles. The fourth-order valence-electron chi connectivity index (χ4n) is 2.65. The highest BCUT2D eigenvalue weighted by atomic mass is 35.5. The summed E-state index contributed by atoms with van der Waals surface area (Å²) in [6.45, 7) is 0. The van der Waals surface area contributed by atoms with Gasteiger partial charge in [-0.3, -0.25) is 0 Å².